The van der Waals surface area contributed by atoms with Crippen molar-refractivity contribution in [2.45, 2.75) is 6.61 Å². The number of nitrogens with two attached hydrogens (primary N) is 1. The van der Waals surface area contributed by atoms with Crippen molar-refractivity contribution in [2.75, 3.05) is 19.5 Å². The van der Waals surface area contributed by atoms with Crippen molar-refractivity contribution in [1.82, 2.24) is 5.43 Å². The highest BCUT2D eigenvalue weighted by atomic mass is 79.9. The normalized spacial score (nSPS) is 8.75. The number of methoxy groups -OCH3 is 1. The molecule has 0 saturated carbocycles. The second-order valence-corrected chi connectivity index (χ2v) is 3.59. The predicted octanol–water partition coefficient (Wildman–Crippen LogP) is 1.24. The lowest BCUT2D eigenvalue weighted by molar-refractivity contribution is -0.109. The van der Waals surface area contributed by atoms with Gasteiger partial charge in [-0.25, -0.2) is 5.84 Å². The van der Waals surface area contributed by atoms with E-state index in [-0.39, 0.29) is 0 Å². The molecule has 1 aromatic carbocycles. The number of hydrogen-bond acceptors (Lipinski definition) is 4. The Labute approximate surface area is 103 Å². The molecule has 0 unspecified atom stereocenters. The van der Waals surface area contributed by atoms with Crippen LogP contribution in [0.3, 0.4) is 0 Å². The first-order valence-electron chi connectivity index (χ1n) is 4.55. The topological polar surface area (TPSA) is 76.4 Å². The van der Waals surface area contributed by atoms with Gasteiger partial charge in [-0.15, -0.1) is 0 Å². The number of benzene rings is 1. The van der Waals surface area contributed by atoms with Crippen LogP contribution in [-0.4, -0.2) is 20.6 Å². The van der Waals surface area contributed by atoms with E-state index in [4.69, 9.17) is 9.53 Å². The summed E-state index contributed by atoms with van der Waals surface area (Å²) in [4.78, 5) is 8.94. The Morgan fingerprint density at radius 1 is 1.56 bits per heavy atom. The first kappa shape index (κ1) is 14.9. The fraction of sp³-hybridized carbons (Fsp3) is 0.300. The van der Waals surface area contributed by atoms with Crippen LogP contribution in [0.2, 0.25) is 0 Å². The summed E-state index contributed by atoms with van der Waals surface area (Å²) >= 11 is 3.47. The minimum atomic E-state index is 0.403. The SMILES string of the molecule is CNc1cccc(Br)c1COC.NNC=O. The highest BCUT2D eigenvalue weighted by molar-refractivity contribution is 9.10. The van der Waals surface area contributed by atoms with Gasteiger partial charge in [0.1, 0.15) is 0 Å². The third-order valence-electron chi connectivity index (χ3n) is 1.74. The van der Waals surface area contributed by atoms with Crippen molar-refractivity contribution < 1.29 is 9.53 Å². The monoisotopic (exact) mass is 289 g/mol. The van der Waals surface area contributed by atoms with E-state index >= 15 is 0 Å². The average molecular weight is 290 g/mol. The van der Waals surface area contributed by atoms with Gasteiger partial charge < -0.3 is 10.1 Å². The van der Waals surface area contributed by atoms with E-state index in [1.807, 2.05) is 25.2 Å². The molecule has 0 aliphatic rings. The summed E-state index contributed by atoms with van der Waals surface area (Å²) in [6.45, 7) is 0.623. The van der Waals surface area contributed by atoms with E-state index in [1.54, 1.807) is 12.5 Å². The van der Waals surface area contributed by atoms with Gasteiger partial charge in [-0.3, -0.25) is 10.2 Å². The molecule has 1 amide bonds. The van der Waals surface area contributed by atoms with Gasteiger partial charge in [-0.1, -0.05) is 22.0 Å². The zero-order valence-corrected chi connectivity index (χ0v) is 10.9. The standard InChI is InChI=1S/C9H12BrNO.CH4N2O/c1-11-9-5-3-4-8(10)7(9)6-12-2;2-3-1-4/h3-5,11H,6H2,1-2H3;1H,2H2,(H,3,4). The quantitative estimate of drug-likeness (QED) is 0.337. The number of ether oxygens (including phenoxy) is 1. The highest BCUT2D eigenvalue weighted by Gasteiger charge is 2.03. The number of hydrazine groups is 1. The summed E-state index contributed by atoms with van der Waals surface area (Å²) in [7, 11) is 3.60. The van der Waals surface area contributed by atoms with Crippen molar-refractivity contribution in [3.8, 4) is 0 Å². The fourth-order valence-electron chi connectivity index (χ4n) is 1.08. The van der Waals surface area contributed by atoms with Crippen LogP contribution >= 0.6 is 15.9 Å². The number of anilines is 1. The van der Waals surface area contributed by atoms with E-state index in [0.717, 1.165) is 15.7 Å². The van der Waals surface area contributed by atoms with Crippen molar-refractivity contribution in [2.24, 2.45) is 5.84 Å². The highest BCUT2D eigenvalue weighted by Crippen LogP contribution is 2.24. The number of halogens is 1. The van der Waals surface area contributed by atoms with E-state index in [0.29, 0.717) is 13.0 Å². The average Bonchev–Trinajstić information content (AvgIpc) is 2.32. The summed E-state index contributed by atoms with van der Waals surface area (Å²) < 4.78 is 6.16. The molecule has 0 aromatic heterocycles. The molecule has 0 aliphatic carbocycles. The van der Waals surface area contributed by atoms with Crippen LogP contribution in [0.5, 0.6) is 0 Å². The van der Waals surface area contributed by atoms with Crippen LogP contribution in [0.4, 0.5) is 5.69 Å². The number of carbonyl (C=O) groups excluding carboxylic acids is 1. The third-order valence-corrected chi connectivity index (χ3v) is 2.49. The van der Waals surface area contributed by atoms with Gasteiger partial charge in [-0.05, 0) is 12.1 Å². The molecule has 0 spiro atoms. The molecular formula is C10H16BrN3O2. The van der Waals surface area contributed by atoms with Gasteiger partial charge in [-0.2, -0.15) is 0 Å². The third kappa shape index (κ3) is 5.11. The molecule has 16 heavy (non-hydrogen) atoms. The Morgan fingerprint density at radius 2 is 2.19 bits per heavy atom. The Hall–Kier alpha value is -1.11. The lowest BCUT2D eigenvalue weighted by Crippen LogP contribution is -2.18. The largest absolute Gasteiger partial charge is 0.388 e. The van der Waals surface area contributed by atoms with Crippen LogP contribution in [0.15, 0.2) is 22.7 Å². The van der Waals surface area contributed by atoms with Crippen molar-refractivity contribution >= 4 is 28.0 Å². The molecule has 5 nitrogen and oxygen atoms in total. The van der Waals surface area contributed by atoms with Gasteiger partial charge in [0.2, 0.25) is 6.41 Å². The molecule has 90 valence electrons. The summed E-state index contributed by atoms with van der Waals surface area (Å²) in [5.74, 6) is 4.41. The molecule has 6 heteroatoms. The molecule has 1 rings (SSSR count). The number of rotatable bonds is 4. The van der Waals surface area contributed by atoms with Gasteiger partial charge in [0.25, 0.3) is 0 Å². The fourth-order valence-corrected chi connectivity index (χ4v) is 1.56. The number of carbonyl (C=O) groups is 1. The maximum absolute atomic E-state index is 8.94. The van der Waals surface area contributed by atoms with E-state index in [1.165, 1.54) is 0 Å². The molecule has 0 heterocycles. The molecule has 1 aromatic rings. The maximum Gasteiger partial charge on any atom is 0.221 e. The first-order chi connectivity index (χ1) is 7.71. The Kier molecular flexibility index (Phi) is 8.51. The molecule has 0 bridgehead atoms. The Balaban J connectivity index is 0.000000487. The van der Waals surface area contributed by atoms with Crippen LogP contribution in [0, 0.1) is 0 Å². The zero-order chi connectivity index (χ0) is 12.4. The van der Waals surface area contributed by atoms with Crippen molar-refractivity contribution in [3.05, 3.63) is 28.2 Å². The number of nitrogens with one attached hydrogen (secondary N) is 2. The smallest absolute Gasteiger partial charge is 0.221 e. The molecular weight excluding hydrogens is 274 g/mol. The van der Waals surface area contributed by atoms with Crippen LogP contribution in [-0.2, 0) is 16.1 Å². The zero-order valence-electron chi connectivity index (χ0n) is 9.29. The number of amides is 1. The van der Waals surface area contributed by atoms with Crippen LogP contribution < -0.4 is 16.6 Å². The molecule has 0 fully saturated rings. The van der Waals surface area contributed by atoms with E-state index in [9.17, 15) is 0 Å². The van der Waals surface area contributed by atoms with Crippen molar-refractivity contribution in [1.29, 1.82) is 0 Å². The Morgan fingerprint density at radius 3 is 2.62 bits per heavy atom. The van der Waals surface area contributed by atoms with Crippen LogP contribution in [0.25, 0.3) is 0 Å². The lowest BCUT2D eigenvalue weighted by atomic mass is 10.2. The minimum absolute atomic E-state index is 0.403. The van der Waals surface area contributed by atoms with Crippen LogP contribution in [0.1, 0.15) is 5.56 Å². The number of hydrogen-bond donors (Lipinski definition) is 3. The molecule has 4 N–H and O–H groups in total. The van der Waals surface area contributed by atoms with Gasteiger partial charge in [0, 0.05) is 29.9 Å². The lowest BCUT2D eigenvalue weighted by Gasteiger charge is -2.09. The van der Waals surface area contributed by atoms with Gasteiger partial charge in [0.05, 0.1) is 6.61 Å². The minimum Gasteiger partial charge on any atom is -0.388 e. The summed E-state index contributed by atoms with van der Waals surface area (Å²) in [6.07, 6.45) is 0.403. The predicted molar refractivity (Wildman–Crippen MR) is 67.8 cm³/mol. The Bertz CT molecular complexity index is 321. The maximum atomic E-state index is 8.94. The van der Waals surface area contributed by atoms with E-state index < -0.39 is 0 Å². The van der Waals surface area contributed by atoms with E-state index in [2.05, 4.69) is 27.1 Å². The summed E-state index contributed by atoms with van der Waals surface area (Å²) in [5.41, 5.74) is 4.01. The van der Waals surface area contributed by atoms with Crippen molar-refractivity contribution in [3.63, 3.8) is 0 Å². The molecule has 0 saturated heterocycles. The first-order valence-corrected chi connectivity index (χ1v) is 5.34. The summed E-state index contributed by atoms with van der Waals surface area (Å²) in [6, 6.07) is 6.03. The molecule has 0 radical (unpaired) electrons. The van der Waals surface area contributed by atoms with Gasteiger partial charge in [0.15, 0.2) is 0 Å². The second kappa shape index (κ2) is 9.14. The molecule has 0 atom stereocenters. The summed E-state index contributed by atoms with van der Waals surface area (Å²) in [5, 5.41) is 3.11. The van der Waals surface area contributed by atoms with Gasteiger partial charge >= 0.3 is 0 Å². The second-order valence-electron chi connectivity index (χ2n) is 2.73. The molecule has 0 aliphatic heterocycles.